The molecule has 23 heavy (non-hydrogen) atoms. The molecular formula is C19H16N2O2. The lowest BCUT2D eigenvalue weighted by molar-refractivity contribution is 0.102. The molecule has 114 valence electrons. The van der Waals surface area contributed by atoms with Gasteiger partial charge in [-0.1, -0.05) is 42.5 Å². The van der Waals surface area contributed by atoms with Gasteiger partial charge in [-0.3, -0.25) is 4.79 Å². The van der Waals surface area contributed by atoms with E-state index in [2.05, 4.69) is 10.3 Å². The lowest BCUT2D eigenvalue weighted by Gasteiger charge is -2.11. The number of nitrogens with zero attached hydrogens (tertiary/aromatic N) is 1. The number of pyridine rings is 1. The smallest absolute Gasteiger partial charge is 0.257 e. The average Bonchev–Trinajstić information content (AvgIpc) is 2.62. The van der Waals surface area contributed by atoms with E-state index < -0.39 is 0 Å². The number of carbonyl (C=O) groups excluding carboxylic acids is 1. The molecule has 3 aromatic rings. The van der Waals surface area contributed by atoms with Crippen LogP contribution in [0.1, 0.15) is 15.9 Å². The largest absolute Gasteiger partial charge is 0.489 e. The molecule has 2 aromatic carbocycles. The lowest BCUT2D eigenvalue weighted by atomic mass is 10.1. The molecule has 0 spiro atoms. The summed E-state index contributed by atoms with van der Waals surface area (Å²) in [7, 11) is 0. The molecule has 1 heterocycles. The fourth-order valence-electron chi connectivity index (χ4n) is 2.17. The number of para-hydroxylation sites is 1. The van der Waals surface area contributed by atoms with Crippen LogP contribution < -0.4 is 10.1 Å². The third-order valence-corrected chi connectivity index (χ3v) is 3.31. The molecule has 1 N–H and O–H groups in total. The summed E-state index contributed by atoms with van der Waals surface area (Å²) in [5.74, 6) is 1.10. The summed E-state index contributed by atoms with van der Waals surface area (Å²) >= 11 is 0. The molecule has 0 aliphatic heterocycles. The van der Waals surface area contributed by atoms with Crippen LogP contribution in [-0.2, 0) is 6.61 Å². The Morgan fingerprint density at radius 2 is 1.65 bits per heavy atom. The first-order valence-electron chi connectivity index (χ1n) is 7.31. The number of benzene rings is 2. The maximum absolute atomic E-state index is 12.4. The SMILES string of the molecule is O=C(Nc1ccccn1)c1ccccc1COc1ccccc1. The van der Waals surface area contributed by atoms with Crippen LogP contribution in [-0.4, -0.2) is 10.9 Å². The Hall–Kier alpha value is -3.14. The van der Waals surface area contributed by atoms with E-state index in [1.54, 1.807) is 24.4 Å². The number of rotatable bonds is 5. The number of carbonyl (C=O) groups is 1. The van der Waals surface area contributed by atoms with E-state index in [0.29, 0.717) is 18.0 Å². The molecular weight excluding hydrogens is 288 g/mol. The van der Waals surface area contributed by atoms with Crippen LogP contribution in [0.2, 0.25) is 0 Å². The maximum atomic E-state index is 12.4. The van der Waals surface area contributed by atoms with E-state index in [4.69, 9.17) is 4.74 Å². The highest BCUT2D eigenvalue weighted by molar-refractivity contribution is 6.04. The van der Waals surface area contributed by atoms with Crippen LogP contribution in [0.25, 0.3) is 0 Å². The predicted molar refractivity (Wildman–Crippen MR) is 89.4 cm³/mol. The second-order valence-electron chi connectivity index (χ2n) is 4.93. The molecule has 0 unspecified atom stereocenters. The van der Waals surface area contributed by atoms with Gasteiger partial charge < -0.3 is 10.1 Å². The molecule has 0 fully saturated rings. The first-order valence-corrected chi connectivity index (χ1v) is 7.31. The van der Waals surface area contributed by atoms with E-state index in [1.165, 1.54) is 0 Å². The summed E-state index contributed by atoms with van der Waals surface area (Å²) in [6.45, 7) is 0.329. The van der Waals surface area contributed by atoms with Gasteiger partial charge in [0.1, 0.15) is 18.2 Å². The zero-order valence-corrected chi connectivity index (χ0v) is 12.5. The molecule has 3 rings (SSSR count). The van der Waals surface area contributed by atoms with Crippen molar-refractivity contribution < 1.29 is 9.53 Å². The number of nitrogens with one attached hydrogen (secondary N) is 1. The van der Waals surface area contributed by atoms with Crippen LogP contribution in [0.3, 0.4) is 0 Å². The van der Waals surface area contributed by atoms with Gasteiger partial charge in [0.05, 0.1) is 0 Å². The van der Waals surface area contributed by atoms with Gasteiger partial charge in [0.25, 0.3) is 5.91 Å². The minimum Gasteiger partial charge on any atom is -0.489 e. The summed E-state index contributed by atoms with van der Waals surface area (Å²) < 4.78 is 5.74. The average molecular weight is 304 g/mol. The zero-order valence-electron chi connectivity index (χ0n) is 12.5. The second-order valence-corrected chi connectivity index (χ2v) is 4.93. The maximum Gasteiger partial charge on any atom is 0.257 e. The molecule has 0 atom stereocenters. The number of anilines is 1. The predicted octanol–water partition coefficient (Wildman–Crippen LogP) is 3.91. The topological polar surface area (TPSA) is 51.2 Å². The van der Waals surface area contributed by atoms with Gasteiger partial charge in [-0.05, 0) is 30.3 Å². The van der Waals surface area contributed by atoms with Crippen molar-refractivity contribution in [2.75, 3.05) is 5.32 Å². The molecule has 1 amide bonds. The Kier molecular flexibility index (Phi) is 4.64. The number of ether oxygens (including phenoxy) is 1. The highest BCUT2D eigenvalue weighted by Gasteiger charge is 2.12. The normalized spacial score (nSPS) is 10.1. The standard InChI is InChI=1S/C19H16N2O2/c22-19(21-18-12-6-7-13-20-18)17-11-5-4-8-15(17)14-23-16-9-2-1-3-10-16/h1-13H,14H2,(H,20,21,22). The van der Waals surface area contributed by atoms with Crippen LogP contribution in [0.5, 0.6) is 5.75 Å². The van der Waals surface area contributed by atoms with Gasteiger partial charge in [0.2, 0.25) is 0 Å². The van der Waals surface area contributed by atoms with E-state index >= 15 is 0 Å². The van der Waals surface area contributed by atoms with Gasteiger partial charge in [-0.2, -0.15) is 0 Å². The molecule has 0 bridgehead atoms. The molecule has 0 saturated carbocycles. The van der Waals surface area contributed by atoms with Gasteiger partial charge in [-0.15, -0.1) is 0 Å². The molecule has 0 radical (unpaired) electrons. The van der Waals surface area contributed by atoms with Crippen molar-refractivity contribution in [1.29, 1.82) is 0 Å². The van der Waals surface area contributed by atoms with Gasteiger partial charge in [-0.25, -0.2) is 4.98 Å². The molecule has 4 nitrogen and oxygen atoms in total. The summed E-state index contributed by atoms with van der Waals surface area (Å²) in [4.78, 5) is 16.5. The van der Waals surface area contributed by atoms with Gasteiger partial charge in [0, 0.05) is 17.3 Å². The van der Waals surface area contributed by atoms with Crippen LogP contribution >= 0.6 is 0 Å². The van der Waals surface area contributed by atoms with Crippen LogP contribution in [0.4, 0.5) is 5.82 Å². The van der Waals surface area contributed by atoms with E-state index in [1.807, 2.05) is 54.6 Å². The minimum atomic E-state index is -0.198. The molecule has 0 aliphatic carbocycles. The Labute approximate surface area is 134 Å². The third kappa shape index (κ3) is 3.95. The van der Waals surface area contributed by atoms with Crippen molar-refractivity contribution in [2.24, 2.45) is 0 Å². The van der Waals surface area contributed by atoms with Crippen molar-refractivity contribution in [3.63, 3.8) is 0 Å². The quantitative estimate of drug-likeness (QED) is 0.777. The van der Waals surface area contributed by atoms with E-state index in [0.717, 1.165) is 11.3 Å². The molecule has 4 heteroatoms. The summed E-state index contributed by atoms with van der Waals surface area (Å²) in [5.41, 5.74) is 1.40. The number of amides is 1. The molecule has 0 saturated heterocycles. The number of hydrogen-bond acceptors (Lipinski definition) is 3. The Bertz CT molecular complexity index is 774. The van der Waals surface area contributed by atoms with E-state index in [-0.39, 0.29) is 5.91 Å². The fraction of sp³-hybridized carbons (Fsp3) is 0.0526. The number of aromatic nitrogens is 1. The van der Waals surface area contributed by atoms with Gasteiger partial charge in [0.15, 0.2) is 0 Å². The summed E-state index contributed by atoms with van der Waals surface area (Å²) in [5, 5.41) is 2.79. The Morgan fingerprint density at radius 3 is 2.43 bits per heavy atom. The second kappa shape index (κ2) is 7.22. The fourth-order valence-corrected chi connectivity index (χ4v) is 2.17. The first kappa shape index (κ1) is 14.8. The van der Waals surface area contributed by atoms with Crippen molar-refractivity contribution in [1.82, 2.24) is 4.98 Å². The zero-order chi connectivity index (χ0) is 15.9. The lowest BCUT2D eigenvalue weighted by Crippen LogP contribution is -2.15. The van der Waals surface area contributed by atoms with Crippen molar-refractivity contribution in [2.45, 2.75) is 6.61 Å². The Morgan fingerprint density at radius 1 is 0.913 bits per heavy atom. The monoisotopic (exact) mass is 304 g/mol. The van der Waals surface area contributed by atoms with Gasteiger partial charge >= 0.3 is 0 Å². The van der Waals surface area contributed by atoms with Crippen LogP contribution in [0.15, 0.2) is 79.0 Å². The van der Waals surface area contributed by atoms with Crippen LogP contribution in [0, 0.1) is 0 Å². The minimum absolute atomic E-state index is 0.198. The van der Waals surface area contributed by atoms with Crippen molar-refractivity contribution >= 4 is 11.7 Å². The number of hydrogen-bond donors (Lipinski definition) is 1. The summed E-state index contributed by atoms with van der Waals surface area (Å²) in [6, 6.07) is 22.3. The first-order chi connectivity index (χ1) is 11.3. The molecule has 1 aromatic heterocycles. The van der Waals surface area contributed by atoms with Crippen molar-refractivity contribution in [3.8, 4) is 5.75 Å². The summed E-state index contributed by atoms with van der Waals surface area (Å²) in [6.07, 6.45) is 1.64. The van der Waals surface area contributed by atoms with Crippen molar-refractivity contribution in [3.05, 3.63) is 90.1 Å². The molecule has 0 aliphatic rings. The third-order valence-electron chi connectivity index (χ3n) is 3.31. The Balaban J connectivity index is 1.73. The highest BCUT2D eigenvalue weighted by atomic mass is 16.5. The highest BCUT2D eigenvalue weighted by Crippen LogP contribution is 2.16. The van der Waals surface area contributed by atoms with E-state index in [9.17, 15) is 4.79 Å².